The molecule has 0 spiro atoms. The van der Waals surface area contributed by atoms with E-state index >= 15 is 0 Å². The molecule has 2 rings (SSSR count). The molecule has 0 aliphatic heterocycles. The predicted octanol–water partition coefficient (Wildman–Crippen LogP) is 3.39. The summed E-state index contributed by atoms with van der Waals surface area (Å²) >= 11 is 0. The van der Waals surface area contributed by atoms with E-state index in [0.29, 0.717) is 12.2 Å². The Labute approximate surface area is 111 Å². The van der Waals surface area contributed by atoms with Crippen molar-refractivity contribution in [2.45, 2.75) is 6.61 Å². The first-order valence-corrected chi connectivity index (χ1v) is 5.82. The van der Waals surface area contributed by atoms with E-state index in [1.54, 1.807) is 19.2 Å². The maximum Gasteiger partial charge on any atom is 0.142 e. The minimum Gasteiger partial charge on any atom is -0.497 e. The van der Waals surface area contributed by atoms with Gasteiger partial charge in [-0.2, -0.15) is 0 Å². The van der Waals surface area contributed by atoms with Crippen LogP contribution >= 0.6 is 0 Å². The van der Waals surface area contributed by atoms with Gasteiger partial charge in [0.15, 0.2) is 0 Å². The third kappa shape index (κ3) is 4.10. The lowest BCUT2D eigenvalue weighted by atomic mass is 10.2. The lowest BCUT2D eigenvalue weighted by Crippen LogP contribution is -1.90. The maximum absolute atomic E-state index is 12.9. The summed E-state index contributed by atoms with van der Waals surface area (Å²) in [7, 11) is 1.61. The van der Waals surface area contributed by atoms with Gasteiger partial charge < -0.3 is 9.57 Å². The van der Waals surface area contributed by atoms with Crippen molar-refractivity contribution < 1.29 is 14.0 Å². The van der Waals surface area contributed by atoms with Crippen LogP contribution < -0.4 is 4.74 Å². The highest BCUT2D eigenvalue weighted by molar-refractivity contribution is 5.78. The topological polar surface area (TPSA) is 30.8 Å². The fourth-order valence-corrected chi connectivity index (χ4v) is 1.56. The second-order valence-electron chi connectivity index (χ2n) is 3.91. The quantitative estimate of drug-likeness (QED) is 0.608. The van der Waals surface area contributed by atoms with E-state index < -0.39 is 0 Å². The van der Waals surface area contributed by atoms with Crippen LogP contribution in [0.3, 0.4) is 0 Å². The van der Waals surface area contributed by atoms with Gasteiger partial charge in [0, 0.05) is 0 Å². The molecule has 0 aliphatic rings. The first kappa shape index (κ1) is 13.1. The van der Waals surface area contributed by atoms with Gasteiger partial charge in [0.2, 0.25) is 0 Å². The molecule has 0 saturated heterocycles. The highest BCUT2D eigenvalue weighted by Gasteiger charge is 1.96. The molecular weight excluding hydrogens is 245 g/mol. The minimum absolute atomic E-state index is 0.295. The van der Waals surface area contributed by atoms with Gasteiger partial charge >= 0.3 is 0 Å². The molecule has 0 N–H and O–H groups in total. The number of ether oxygens (including phenoxy) is 1. The summed E-state index contributed by atoms with van der Waals surface area (Å²) in [5.41, 5.74) is 1.61. The van der Waals surface area contributed by atoms with Crippen molar-refractivity contribution in [1.82, 2.24) is 0 Å². The number of nitrogens with zero attached hydrogens (tertiary/aromatic N) is 1. The normalized spacial score (nSPS) is 10.6. The summed E-state index contributed by atoms with van der Waals surface area (Å²) in [6.45, 7) is 0.336. The Morgan fingerprint density at radius 1 is 1.16 bits per heavy atom. The van der Waals surface area contributed by atoms with Crippen LogP contribution in [0.15, 0.2) is 53.7 Å². The van der Waals surface area contributed by atoms with Crippen molar-refractivity contribution in [3.05, 3.63) is 65.5 Å². The number of rotatable bonds is 5. The summed E-state index contributed by atoms with van der Waals surface area (Å²) in [5.74, 6) is 0.479. The zero-order valence-corrected chi connectivity index (χ0v) is 10.5. The summed E-state index contributed by atoms with van der Waals surface area (Å²) in [4.78, 5) is 5.15. The molecule has 0 bridgehead atoms. The largest absolute Gasteiger partial charge is 0.497 e. The zero-order valence-electron chi connectivity index (χ0n) is 10.5. The van der Waals surface area contributed by atoms with Gasteiger partial charge in [-0.3, -0.25) is 0 Å². The Kier molecular flexibility index (Phi) is 4.50. The highest BCUT2D eigenvalue weighted by atomic mass is 19.1. The summed E-state index contributed by atoms with van der Waals surface area (Å²) in [5, 5.41) is 3.80. The van der Waals surface area contributed by atoms with Crippen molar-refractivity contribution in [2.24, 2.45) is 5.16 Å². The molecule has 19 heavy (non-hydrogen) atoms. The van der Waals surface area contributed by atoms with Crippen molar-refractivity contribution in [2.75, 3.05) is 7.11 Å². The molecule has 3 nitrogen and oxygen atoms in total. The van der Waals surface area contributed by atoms with Crippen molar-refractivity contribution in [3.8, 4) is 5.75 Å². The maximum atomic E-state index is 12.9. The van der Waals surface area contributed by atoms with E-state index in [1.807, 2.05) is 24.3 Å². The van der Waals surface area contributed by atoms with Gasteiger partial charge in [-0.05, 0) is 35.4 Å². The van der Waals surface area contributed by atoms with Crippen LogP contribution in [0.25, 0.3) is 0 Å². The Bertz CT molecular complexity index is 570. The molecular formula is C15H14FNO2. The summed E-state index contributed by atoms with van der Waals surface area (Å²) in [6.07, 6.45) is 1.48. The molecule has 0 heterocycles. The Morgan fingerprint density at radius 3 is 2.79 bits per heavy atom. The average molecular weight is 259 g/mol. The number of oxime groups is 1. The van der Waals surface area contributed by atoms with E-state index in [0.717, 1.165) is 11.3 Å². The third-order valence-corrected chi connectivity index (χ3v) is 2.49. The van der Waals surface area contributed by atoms with Crippen LogP contribution in [0, 0.1) is 5.82 Å². The Balaban J connectivity index is 1.89. The van der Waals surface area contributed by atoms with Gasteiger partial charge in [-0.1, -0.05) is 29.4 Å². The molecule has 0 fully saturated rings. The molecule has 4 heteroatoms. The first-order chi connectivity index (χ1) is 9.28. The number of methoxy groups -OCH3 is 1. The minimum atomic E-state index is -0.295. The fraction of sp³-hybridized carbons (Fsp3) is 0.133. The van der Waals surface area contributed by atoms with Crippen LogP contribution in [0.5, 0.6) is 5.75 Å². The molecule has 2 aromatic carbocycles. The van der Waals surface area contributed by atoms with E-state index in [4.69, 9.17) is 9.57 Å². The molecule has 0 aromatic heterocycles. The van der Waals surface area contributed by atoms with E-state index in [1.165, 1.54) is 18.3 Å². The highest BCUT2D eigenvalue weighted by Crippen LogP contribution is 2.13. The van der Waals surface area contributed by atoms with Crippen LogP contribution in [0.4, 0.5) is 4.39 Å². The monoisotopic (exact) mass is 259 g/mol. The third-order valence-electron chi connectivity index (χ3n) is 2.49. The van der Waals surface area contributed by atoms with Crippen molar-refractivity contribution in [1.29, 1.82) is 0 Å². The molecule has 0 saturated carbocycles. The van der Waals surface area contributed by atoms with Crippen molar-refractivity contribution in [3.63, 3.8) is 0 Å². The lowest BCUT2D eigenvalue weighted by Gasteiger charge is -2.03. The molecule has 98 valence electrons. The first-order valence-electron chi connectivity index (χ1n) is 5.82. The van der Waals surface area contributed by atoms with E-state index in [2.05, 4.69) is 5.16 Å². The predicted molar refractivity (Wildman–Crippen MR) is 71.8 cm³/mol. The smallest absolute Gasteiger partial charge is 0.142 e. The fourth-order valence-electron chi connectivity index (χ4n) is 1.56. The number of hydrogen-bond acceptors (Lipinski definition) is 3. The van der Waals surface area contributed by atoms with Crippen LogP contribution in [-0.4, -0.2) is 13.3 Å². The average Bonchev–Trinajstić information content (AvgIpc) is 2.44. The van der Waals surface area contributed by atoms with Crippen molar-refractivity contribution >= 4 is 6.21 Å². The van der Waals surface area contributed by atoms with Gasteiger partial charge in [-0.15, -0.1) is 0 Å². The molecule has 0 aliphatic carbocycles. The van der Waals surface area contributed by atoms with Gasteiger partial charge in [0.25, 0.3) is 0 Å². The molecule has 2 aromatic rings. The van der Waals surface area contributed by atoms with Crippen LogP contribution in [-0.2, 0) is 11.4 Å². The second-order valence-corrected chi connectivity index (χ2v) is 3.91. The number of benzene rings is 2. The van der Waals surface area contributed by atoms with Gasteiger partial charge in [0.05, 0.1) is 13.3 Å². The summed E-state index contributed by atoms with van der Waals surface area (Å²) < 4.78 is 18.0. The molecule has 0 unspecified atom stereocenters. The molecule has 0 amide bonds. The lowest BCUT2D eigenvalue weighted by molar-refractivity contribution is 0.132. The van der Waals surface area contributed by atoms with Gasteiger partial charge in [-0.25, -0.2) is 4.39 Å². The van der Waals surface area contributed by atoms with Crippen LogP contribution in [0.2, 0.25) is 0 Å². The second kappa shape index (κ2) is 6.54. The standard InChI is InChI=1S/C15H14FNO2/c1-18-15-7-3-5-13(9-15)11-19-17-10-12-4-2-6-14(16)8-12/h2-10H,11H2,1H3. The zero-order chi connectivity index (χ0) is 13.5. The van der Waals surface area contributed by atoms with E-state index in [9.17, 15) is 4.39 Å². The van der Waals surface area contributed by atoms with Crippen LogP contribution in [0.1, 0.15) is 11.1 Å². The Morgan fingerprint density at radius 2 is 2.00 bits per heavy atom. The number of halogens is 1. The Hall–Kier alpha value is -2.36. The van der Waals surface area contributed by atoms with Gasteiger partial charge in [0.1, 0.15) is 18.2 Å². The molecule has 0 atom stereocenters. The van der Waals surface area contributed by atoms with E-state index in [-0.39, 0.29) is 5.82 Å². The summed E-state index contributed by atoms with van der Waals surface area (Å²) in [6, 6.07) is 13.7. The SMILES string of the molecule is COc1cccc(CON=Cc2cccc(F)c2)c1. The molecule has 0 radical (unpaired) electrons. The number of hydrogen-bond donors (Lipinski definition) is 0.